The topological polar surface area (TPSA) is 86.2 Å². The van der Waals surface area contributed by atoms with E-state index < -0.39 is 6.10 Å². The number of aromatic nitrogens is 3. The van der Waals surface area contributed by atoms with Crippen molar-refractivity contribution in [3.63, 3.8) is 0 Å². The molecule has 122 valence electrons. The summed E-state index contributed by atoms with van der Waals surface area (Å²) in [6, 6.07) is 5.56. The highest BCUT2D eigenvalue weighted by atomic mass is 32.1. The molecule has 1 saturated heterocycles. The fourth-order valence-corrected chi connectivity index (χ4v) is 2.90. The van der Waals surface area contributed by atoms with Crippen LogP contribution in [-0.2, 0) is 14.3 Å². The van der Waals surface area contributed by atoms with Crippen molar-refractivity contribution in [2.75, 3.05) is 18.5 Å². The van der Waals surface area contributed by atoms with Crippen molar-refractivity contribution in [1.29, 1.82) is 0 Å². The first kappa shape index (κ1) is 16.0. The van der Waals surface area contributed by atoms with Gasteiger partial charge in [0.05, 0.1) is 12.7 Å². The van der Waals surface area contributed by atoms with Gasteiger partial charge in [0, 0.05) is 12.8 Å². The number of pyridine rings is 1. The molecule has 1 amide bonds. The summed E-state index contributed by atoms with van der Waals surface area (Å²) in [5.41, 5.74) is 0.730. The number of carbonyl (C=O) groups excluding carboxylic acids is 1. The normalized spacial score (nSPS) is 18.7. The molecule has 2 aromatic rings. The van der Waals surface area contributed by atoms with Gasteiger partial charge in [-0.05, 0) is 31.9 Å². The van der Waals surface area contributed by atoms with Crippen molar-refractivity contribution in [3.05, 3.63) is 24.4 Å². The second-order valence-electron chi connectivity index (χ2n) is 5.23. The summed E-state index contributed by atoms with van der Waals surface area (Å²) in [5, 5.41) is 11.8. The molecule has 1 aliphatic heterocycles. The van der Waals surface area contributed by atoms with Crippen molar-refractivity contribution in [1.82, 2.24) is 15.2 Å². The Labute approximate surface area is 138 Å². The summed E-state index contributed by atoms with van der Waals surface area (Å²) in [7, 11) is 0. The molecular weight excluding hydrogens is 316 g/mol. The molecule has 23 heavy (non-hydrogen) atoms. The second kappa shape index (κ2) is 7.58. The second-order valence-corrected chi connectivity index (χ2v) is 6.20. The lowest BCUT2D eigenvalue weighted by molar-refractivity contribution is -0.128. The van der Waals surface area contributed by atoms with Crippen molar-refractivity contribution < 1.29 is 14.3 Å². The van der Waals surface area contributed by atoms with Crippen LogP contribution < -0.4 is 5.32 Å². The fourth-order valence-electron chi connectivity index (χ4n) is 2.18. The van der Waals surface area contributed by atoms with Gasteiger partial charge in [0.25, 0.3) is 5.91 Å². The van der Waals surface area contributed by atoms with Crippen LogP contribution in [0.2, 0.25) is 0 Å². The number of anilines is 1. The van der Waals surface area contributed by atoms with Gasteiger partial charge in [-0.3, -0.25) is 15.1 Å². The molecule has 0 radical (unpaired) electrons. The Hall–Kier alpha value is -1.90. The summed E-state index contributed by atoms with van der Waals surface area (Å²) < 4.78 is 11.0. The van der Waals surface area contributed by atoms with Crippen LogP contribution in [0.4, 0.5) is 5.13 Å². The fraction of sp³-hybridized carbons (Fsp3) is 0.467. The number of hydrogen-bond acceptors (Lipinski definition) is 7. The minimum atomic E-state index is -0.568. The average molecular weight is 334 g/mol. The first-order chi connectivity index (χ1) is 11.2. The Morgan fingerprint density at radius 1 is 1.52 bits per heavy atom. The molecule has 2 atom stereocenters. The van der Waals surface area contributed by atoms with E-state index in [9.17, 15) is 4.79 Å². The molecular formula is C15H18N4O3S. The highest BCUT2D eigenvalue weighted by Gasteiger charge is 2.21. The molecule has 7 nitrogen and oxygen atoms in total. The Bertz CT molecular complexity index is 643. The molecule has 1 aliphatic rings. The number of nitrogens with one attached hydrogen (secondary N) is 1. The molecule has 1 N–H and O–H groups in total. The summed E-state index contributed by atoms with van der Waals surface area (Å²) in [5.74, 6) is -0.244. The Morgan fingerprint density at radius 2 is 2.43 bits per heavy atom. The lowest BCUT2D eigenvalue weighted by Gasteiger charge is -2.15. The predicted molar refractivity (Wildman–Crippen MR) is 86.2 cm³/mol. The van der Waals surface area contributed by atoms with Crippen molar-refractivity contribution in [3.8, 4) is 10.7 Å². The molecule has 0 aliphatic carbocycles. The maximum absolute atomic E-state index is 12.1. The third kappa shape index (κ3) is 4.31. The minimum absolute atomic E-state index is 0.0996. The average Bonchev–Trinajstić information content (AvgIpc) is 3.25. The van der Waals surface area contributed by atoms with Crippen LogP contribution in [0.5, 0.6) is 0 Å². The zero-order valence-corrected chi connectivity index (χ0v) is 13.6. The van der Waals surface area contributed by atoms with E-state index in [2.05, 4.69) is 20.5 Å². The van der Waals surface area contributed by atoms with Gasteiger partial charge in [0.1, 0.15) is 11.8 Å². The summed E-state index contributed by atoms with van der Waals surface area (Å²) >= 11 is 1.28. The number of carbonyl (C=O) groups is 1. The molecule has 2 aromatic heterocycles. The highest BCUT2D eigenvalue weighted by Crippen LogP contribution is 2.24. The van der Waals surface area contributed by atoms with Crippen LogP contribution >= 0.6 is 11.3 Å². The van der Waals surface area contributed by atoms with E-state index in [1.165, 1.54) is 11.3 Å². The van der Waals surface area contributed by atoms with Crippen molar-refractivity contribution in [2.45, 2.75) is 32.0 Å². The predicted octanol–water partition coefficient (Wildman–Crippen LogP) is 2.12. The lowest BCUT2D eigenvalue weighted by atomic mass is 10.2. The first-order valence-electron chi connectivity index (χ1n) is 7.51. The molecule has 0 spiro atoms. The van der Waals surface area contributed by atoms with Gasteiger partial charge in [-0.15, -0.1) is 10.2 Å². The van der Waals surface area contributed by atoms with Crippen LogP contribution in [0, 0.1) is 0 Å². The van der Waals surface area contributed by atoms with E-state index in [0.717, 1.165) is 25.1 Å². The lowest BCUT2D eigenvalue weighted by Crippen LogP contribution is -2.30. The standard InChI is InChI=1S/C15H18N4O3S/c1-10(22-9-11-5-4-8-21-11)13(20)17-15-19-18-14(23-15)12-6-2-3-7-16-12/h2-3,6-7,10-11H,4-5,8-9H2,1H3,(H,17,19,20)/t10-,11-/m0/s1. The van der Waals surface area contributed by atoms with E-state index in [0.29, 0.717) is 16.7 Å². The molecule has 3 rings (SSSR count). The summed E-state index contributed by atoms with van der Waals surface area (Å²) in [6.07, 6.45) is 3.26. The minimum Gasteiger partial charge on any atom is -0.376 e. The molecule has 8 heteroatoms. The summed E-state index contributed by atoms with van der Waals surface area (Å²) in [6.45, 7) is 2.92. The smallest absolute Gasteiger partial charge is 0.255 e. The summed E-state index contributed by atoms with van der Waals surface area (Å²) in [4.78, 5) is 16.3. The van der Waals surface area contributed by atoms with Crippen LogP contribution in [0.15, 0.2) is 24.4 Å². The monoisotopic (exact) mass is 334 g/mol. The van der Waals surface area contributed by atoms with Gasteiger partial charge in [0.2, 0.25) is 5.13 Å². The maximum Gasteiger partial charge on any atom is 0.255 e. The third-order valence-electron chi connectivity index (χ3n) is 3.46. The van der Waals surface area contributed by atoms with E-state index in [4.69, 9.17) is 9.47 Å². The zero-order valence-electron chi connectivity index (χ0n) is 12.8. The number of amides is 1. The van der Waals surface area contributed by atoms with Gasteiger partial charge in [-0.1, -0.05) is 17.4 Å². The highest BCUT2D eigenvalue weighted by molar-refractivity contribution is 7.18. The van der Waals surface area contributed by atoms with E-state index in [-0.39, 0.29) is 12.0 Å². The van der Waals surface area contributed by atoms with E-state index >= 15 is 0 Å². The molecule has 0 saturated carbocycles. The Kier molecular flexibility index (Phi) is 5.27. The SMILES string of the molecule is C[C@H](OC[C@@H]1CCCO1)C(=O)Nc1nnc(-c2ccccn2)s1. The largest absolute Gasteiger partial charge is 0.376 e. The van der Waals surface area contributed by atoms with Gasteiger partial charge in [-0.2, -0.15) is 0 Å². The van der Waals surface area contributed by atoms with Crippen LogP contribution in [0.25, 0.3) is 10.7 Å². The first-order valence-corrected chi connectivity index (χ1v) is 8.33. The molecule has 3 heterocycles. The van der Waals surface area contributed by atoms with Crippen LogP contribution in [0.1, 0.15) is 19.8 Å². The van der Waals surface area contributed by atoms with Gasteiger partial charge in [-0.25, -0.2) is 0 Å². The van der Waals surface area contributed by atoms with Gasteiger partial charge >= 0.3 is 0 Å². The zero-order chi connectivity index (χ0) is 16.1. The van der Waals surface area contributed by atoms with Crippen molar-refractivity contribution >= 4 is 22.4 Å². The molecule has 0 bridgehead atoms. The maximum atomic E-state index is 12.1. The quantitative estimate of drug-likeness (QED) is 0.871. The number of nitrogens with zero attached hydrogens (tertiary/aromatic N) is 3. The number of ether oxygens (including phenoxy) is 2. The van der Waals surface area contributed by atoms with Crippen molar-refractivity contribution in [2.24, 2.45) is 0 Å². The molecule has 0 unspecified atom stereocenters. The Balaban J connectivity index is 1.52. The molecule has 0 aromatic carbocycles. The van der Waals surface area contributed by atoms with Gasteiger partial charge in [0.15, 0.2) is 5.01 Å². The van der Waals surface area contributed by atoms with Crippen LogP contribution in [0.3, 0.4) is 0 Å². The van der Waals surface area contributed by atoms with Crippen LogP contribution in [-0.4, -0.2) is 46.5 Å². The molecule has 1 fully saturated rings. The Morgan fingerprint density at radius 3 is 3.17 bits per heavy atom. The number of hydrogen-bond donors (Lipinski definition) is 1. The van der Waals surface area contributed by atoms with Gasteiger partial charge < -0.3 is 9.47 Å². The third-order valence-corrected chi connectivity index (χ3v) is 4.33. The van der Waals surface area contributed by atoms with E-state index in [1.54, 1.807) is 13.1 Å². The number of rotatable bonds is 6. The van der Waals surface area contributed by atoms with E-state index in [1.807, 2.05) is 18.2 Å².